The first-order valence-corrected chi connectivity index (χ1v) is 11.9. The number of halogens is 1. The van der Waals surface area contributed by atoms with Crippen LogP contribution in [0.25, 0.3) is 6.08 Å². The molecule has 4 rings (SSSR count). The minimum Gasteiger partial charge on any atom is -0.462 e. The number of hydrogen-bond donors (Lipinski definition) is 0. The Morgan fingerprint density at radius 1 is 1.29 bits per heavy atom. The molecule has 0 amide bonds. The molecule has 0 radical (unpaired) electrons. The van der Waals surface area contributed by atoms with Gasteiger partial charge in [0.05, 0.1) is 22.4 Å². The fraction of sp³-hybridized carbons (Fsp3) is 0.261. The van der Waals surface area contributed by atoms with Gasteiger partial charge < -0.3 is 4.74 Å². The van der Waals surface area contributed by atoms with Crippen LogP contribution in [0.2, 0.25) is 5.02 Å². The molecule has 3 aromatic rings. The summed E-state index contributed by atoms with van der Waals surface area (Å²) in [5.74, 6) is -0.217. The van der Waals surface area contributed by atoms with Gasteiger partial charge in [-0.3, -0.25) is 9.36 Å². The maximum atomic E-state index is 13.4. The number of allylic oxidation sites excluding steroid dienone is 1. The van der Waals surface area contributed by atoms with Crippen LogP contribution in [0.1, 0.15) is 37.3 Å². The molecule has 2 aromatic heterocycles. The number of esters is 1. The minimum atomic E-state index is -0.553. The van der Waals surface area contributed by atoms with Crippen molar-refractivity contribution >= 4 is 46.3 Å². The van der Waals surface area contributed by atoms with Gasteiger partial charge >= 0.3 is 5.97 Å². The molecule has 1 aromatic carbocycles. The Balaban J connectivity index is 1.86. The summed E-state index contributed by atoms with van der Waals surface area (Å²) in [6.45, 7) is 6.07. The third-order valence-corrected chi connectivity index (χ3v) is 6.93. The second kappa shape index (κ2) is 8.94. The number of thiophene rings is 1. The number of carbonyl (C=O) groups excluding carboxylic acids is 1. The van der Waals surface area contributed by atoms with Gasteiger partial charge in [-0.1, -0.05) is 55.0 Å². The van der Waals surface area contributed by atoms with Crippen LogP contribution in [-0.2, 0) is 9.53 Å². The molecule has 0 spiro atoms. The first-order chi connectivity index (χ1) is 14.8. The molecule has 8 heteroatoms. The summed E-state index contributed by atoms with van der Waals surface area (Å²) in [7, 11) is 0. The van der Waals surface area contributed by atoms with Crippen LogP contribution in [0.3, 0.4) is 0 Å². The number of benzene rings is 1. The number of hydrogen-bond acceptors (Lipinski definition) is 6. The van der Waals surface area contributed by atoms with Crippen molar-refractivity contribution in [3.05, 3.63) is 88.2 Å². The smallest absolute Gasteiger partial charge is 0.338 e. The summed E-state index contributed by atoms with van der Waals surface area (Å²) in [5, 5.41) is 2.57. The molecule has 31 heavy (non-hydrogen) atoms. The maximum absolute atomic E-state index is 13.4. The number of rotatable bonds is 5. The molecule has 3 heterocycles. The van der Waals surface area contributed by atoms with Gasteiger partial charge in [0.1, 0.15) is 6.04 Å². The second-order valence-corrected chi connectivity index (χ2v) is 10.1. The van der Waals surface area contributed by atoms with Crippen LogP contribution < -0.4 is 14.9 Å². The normalized spacial score (nSPS) is 16.4. The van der Waals surface area contributed by atoms with E-state index in [1.165, 1.54) is 22.7 Å². The molecule has 0 aliphatic carbocycles. The summed E-state index contributed by atoms with van der Waals surface area (Å²) in [4.78, 5) is 32.5. The van der Waals surface area contributed by atoms with Crippen molar-refractivity contribution in [1.82, 2.24) is 4.57 Å². The lowest BCUT2D eigenvalue weighted by Gasteiger charge is -2.23. The number of carbonyl (C=O) groups is 1. The maximum Gasteiger partial charge on any atom is 0.338 e. The Bertz CT molecular complexity index is 1320. The third-order valence-electron chi connectivity index (χ3n) is 4.77. The number of ether oxygens (including phenoxy) is 1. The third kappa shape index (κ3) is 4.44. The van der Waals surface area contributed by atoms with Crippen LogP contribution in [0, 0.1) is 5.92 Å². The molecule has 160 valence electrons. The van der Waals surface area contributed by atoms with Gasteiger partial charge in [-0.15, -0.1) is 11.3 Å². The van der Waals surface area contributed by atoms with Crippen molar-refractivity contribution in [2.75, 3.05) is 6.61 Å². The quantitative estimate of drug-likeness (QED) is 0.524. The molecular formula is C23H21ClN2O3S2. The zero-order valence-electron chi connectivity index (χ0n) is 17.3. The van der Waals surface area contributed by atoms with Crippen molar-refractivity contribution in [1.29, 1.82) is 0 Å². The summed E-state index contributed by atoms with van der Waals surface area (Å²) >= 11 is 8.78. The molecule has 0 bridgehead atoms. The van der Waals surface area contributed by atoms with E-state index in [9.17, 15) is 9.59 Å². The van der Waals surface area contributed by atoms with E-state index < -0.39 is 12.0 Å². The lowest BCUT2D eigenvalue weighted by atomic mass is 10.0. The van der Waals surface area contributed by atoms with Gasteiger partial charge in [0, 0.05) is 9.90 Å². The topological polar surface area (TPSA) is 60.7 Å². The predicted molar refractivity (Wildman–Crippen MR) is 125 cm³/mol. The minimum absolute atomic E-state index is 0.182. The molecule has 5 nitrogen and oxygen atoms in total. The van der Waals surface area contributed by atoms with Crippen molar-refractivity contribution < 1.29 is 9.53 Å². The highest BCUT2D eigenvalue weighted by Crippen LogP contribution is 2.33. The van der Waals surface area contributed by atoms with Crippen LogP contribution in [0.4, 0.5) is 0 Å². The molecule has 0 unspecified atom stereocenters. The largest absolute Gasteiger partial charge is 0.462 e. The molecular weight excluding hydrogens is 452 g/mol. The number of aromatic nitrogens is 1. The molecule has 0 saturated carbocycles. The average Bonchev–Trinajstić information content (AvgIpc) is 3.36. The summed E-state index contributed by atoms with van der Waals surface area (Å²) in [6, 6.07) is 10.6. The fourth-order valence-electron chi connectivity index (χ4n) is 3.33. The molecule has 1 aliphatic rings. The van der Waals surface area contributed by atoms with Crippen LogP contribution in [-0.4, -0.2) is 17.1 Å². The van der Waals surface area contributed by atoms with Crippen molar-refractivity contribution in [2.24, 2.45) is 10.9 Å². The Morgan fingerprint density at radius 3 is 2.68 bits per heavy atom. The molecule has 0 N–H and O–H groups in total. The van der Waals surface area contributed by atoms with E-state index in [2.05, 4.69) is 4.99 Å². The highest BCUT2D eigenvalue weighted by atomic mass is 35.5. The molecule has 1 aliphatic heterocycles. The van der Waals surface area contributed by atoms with E-state index >= 15 is 0 Å². The molecule has 0 saturated heterocycles. The second-order valence-electron chi connectivity index (χ2n) is 7.64. The number of nitrogens with zero attached hydrogens (tertiary/aromatic N) is 2. The summed E-state index contributed by atoms with van der Waals surface area (Å²) in [5.41, 5.74) is 1.67. The lowest BCUT2D eigenvalue weighted by molar-refractivity contribution is -0.140. The number of thiazole rings is 1. The fourth-order valence-corrected chi connectivity index (χ4v) is 5.33. The summed E-state index contributed by atoms with van der Waals surface area (Å²) in [6.07, 6.45) is 1.82. The zero-order valence-corrected chi connectivity index (χ0v) is 19.7. The van der Waals surface area contributed by atoms with Crippen molar-refractivity contribution in [2.45, 2.75) is 26.8 Å². The summed E-state index contributed by atoms with van der Waals surface area (Å²) < 4.78 is 7.68. The number of fused-ring (bicyclic) bond motifs is 1. The van der Waals surface area contributed by atoms with Crippen LogP contribution in [0.5, 0.6) is 0 Å². The van der Waals surface area contributed by atoms with E-state index in [-0.39, 0.29) is 11.5 Å². The van der Waals surface area contributed by atoms with E-state index in [0.717, 1.165) is 10.4 Å². The van der Waals surface area contributed by atoms with E-state index in [0.29, 0.717) is 32.2 Å². The van der Waals surface area contributed by atoms with Gasteiger partial charge in [-0.05, 0) is 48.1 Å². The zero-order chi connectivity index (χ0) is 22.1. The van der Waals surface area contributed by atoms with Crippen LogP contribution >= 0.6 is 34.3 Å². The van der Waals surface area contributed by atoms with E-state index in [1.54, 1.807) is 23.6 Å². The van der Waals surface area contributed by atoms with Crippen molar-refractivity contribution in [3.8, 4) is 0 Å². The van der Waals surface area contributed by atoms with Crippen LogP contribution in [0.15, 0.2) is 62.8 Å². The molecule has 1 atom stereocenters. The lowest BCUT2D eigenvalue weighted by Crippen LogP contribution is -2.39. The Labute approximate surface area is 192 Å². The van der Waals surface area contributed by atoms with Gasteiger partial charge in [-0.25, -0.2) is 9.79 Å². The highest BCUT2D eigenvalue weighted by Gasteiger charge is 2.34. The SMILES string of the molecule is CC1=C(C(=O)OCC(C)C)[C@H](c2cccs2)n2c(s/c(=C/c3ccc(Cl)cc3)c2=O)=N1. The Morgan fingerprint density at radius 2 is 2.03 bits per heavy atom. The highest BCUT2D eigenvalue weighted by molar-refractivity contribution is 7.10. The van der Waals surface area contributed by atoms with Gasteiger partial charge in [0.2, 0.25) is 0 Å². The predicted octanol–water partition coefficient (Wildman–Crippen LogP) is 4.15. The monoisotopic (exact) mass is 472 g/mol. The molecule has 0 fully saturated rings. The average molecular weight is 473 g/mol. The van der Waals surface area contributed by atoms with Gasteiger partial charge in [0.25, 0.3) is 5.56 Å². The van der Waals surface area contributed by atoms with E-state index in [4.69, 9.17) is 16.3 Å². The van der Waals surface area contributed by atoms with Gasteiger partial charge in [-0.2, -0.15) is 0 Å². The van der Waals surface area contributed by atoms with Crippen molar-refractivity contribution in [3.63, 3.8) is 0 Å². The standard InChI is InChI=1S/C23H21ClN2O3S2/c1-13(2)12-29-22(28)19-14(3)25-23-26(20(19)17-5-4-10-30-17)21(27)18(31-23)11-15-6-8-16(24)9-7-15/h4-11,13,20H,12H2,1-3H3/b18-11+/t20-/m0/s1. The first-order valence-electron chi connectivity index (χ1n) is 9.84. The van der Waals surface area contributed by atoms with E-state index in [1.807, 2.05) is 49.6 Å². The Kier molecular flexibility index (Phi) is 6.27. The Hall–Kier alpha value is -2.48. The van der Waals surface area contributed by atoms with Gasteiger partial charge in [0.15, 0.2) is 4.80 Å². The first kappa shape index (κ1) is 21.7.